The number of benzene rings is 2. The van der Waals surface area contributed by atoms with Crippen LogP contribution in [0, 0.1) is 12.8 Å². The number of amides is 2. The molecule has 2 amide bonds. The number of hydrogen-bond donors (Lipinski definition) is 2. The summed E-state index contributed by atoms with van der Waals surface area (Å²) in [6.45, 7) is 4.04. The van der Waals surface area contributed by atoms with E-state index in [2.05, 4.69) is 26.7 Å². The fourth-order valence-corrected chi connectivity index (χ4v) is 4.72. The van der Waals surface area contributed by atoms with Crippen molar-refractivity contribution < 1.29 is 9.59 Å². The molecule has 0 spiro atoms. The maximum atomic E-state index is 13.3. The number of nitrogens with zero attached hydrogens (tertiary/aromatic N) is 4. The van der Waals surface area contributed by atoms with Crippen molar-refractivity contribution >= 4 is 34.3 Å². The van der Waals surface area contributed by atoms with E-state index in [9.17, 15) is 9.59 Å². The highest BCUT2D eigenvalue weighted by Crippen LogP contribution is 2.31. The van der Waals surface area contributed by atoms with Gasteiger partial charge in [-0.2, -0.15) is 4.98 Å². The first-order valence-electron chi connectivity index (χ1n) is 12.5. The van der Waals surface area contributed by atoms with E-state index in [0.29, 0.717) is 17.2 Å². The summed E-state index contributed by atoms with van der Waals surface area (Å²) in [4.78, 5) is 34.3. The molecule has 1 fully saturated rings. The first-order chi connectivity index (χ1) is 17.9. The van der Waals surface area contributed by atoms with Crippen LogP contribution in [0.3, 0.4) is 0 Å². The van der Waals surface area contributed by atoms with Crippen LogP contribution in [0.5, 0.6) is 0 Å². The molecular formula is C29H28N6O2. The summed E-state index contributed by atoms with van der Waals surface area (Å²) in [7, 11) is 1.94. The summed E-state index contributed by atoms with van der Waals surface area (Å²) in [6.07, 6.45) is 9.23. The summed E-state index contributed by atoms with van der Waals surface area (Å²) in [5.41, 5.74) is 5.65. The van der Waals surface area contributed by atoms with Gasteiger partial charge in [0.05, 0.1) is 17.8 Å². The van der Waals surface area contributed by atoms with Gasteiger partial charge in [-0.15, -0.1) is 0 Å². The summed E-state index contributed by atoms with van der Waals surface area (Å²) in [5, 5.41) is 6.89. The number of rotatable bonds is 6. The summed E-state index contributed by atoms with van der Waals surface area (Å²) in [6, 6.07) is 14.1. The Balaban J connectivity index is 1.29. The third kappa shape index (κ3) is 4.46. The molecule has 1 aliphatic carbocycles. The molecule has 8 heteroatoms. The van der Waals surface area contributed by atoms with Gasteiger partial charge in [0.25, 0.3) is 5.91 Å². The molecule has 0 unspecified atom stereocenters. The minimum atomic E-state index is -0.117. The van der Waals surface area contributed by atoms with Crippen LogP contribution < -0.4 is 10.6 Å². The molecular weight excluding hydrogens is 464 g/mol. The van der Waals surface area contributed by atoms with Gasteiger partial charge in [-0.1, -0.05) is 35.9 Å². The Hall–Kier alpha value is -4.46. The zero-order valence-electron chi connectivity index (χ0n) is 21.0. The summed E-state index contributed by atoms with van der Waals surface area (Å²) < 4.78 is 3.78. The number of carbonyl (C=O) groups is 2. The fraction of sp³-hybridized carbons (Fsp3) is 0.241. The van der Waals surface area contributed by atoms with E-state index in [1.54, 1.807) is 12.4 Å². The Morgan fingerprint density at radius 2 is 1.89 bits per heavy atom. The molecule has 1 aliphatic rings. The average molecular weight is 493 g/mol. The molecule has 3 heterocycles. The smallest absolute Gasteiger partial charge is 0.253 e. The molecule has 1 atom stereocenters. The number of nitrogens with one attached hydrogen (secondary N) is 2. The molecule has 0 bridgehead atoms. The third-order valence-corrected chi connectivity index (χ3v) is 6.97. The standard InChI is InChI=1S/C29H28N6O2/c1-17-5-4-6-20(11-17)18(2)31-28(37)24-15-34(3)25-10-9-21(12-23(24)25)22-13-30-29-33-26(16-35(29)14-22)32-27(36)19-7-8-19/h4-6,9-16,18-19H,7-8H2,1-3H3,(H,31,37)(H,32,36)/t18-/m0/s1. The highest BCUT2D eigenvalue weighted by atomic mass is 16.2. The molecule has 5 aromatic rings. The van der Waals surface area contributed by atoms with E-state index >= 15 is 0 Å². The quantitative estimate of drug-likeness (QED) is 0.347. The monoisotopic (exact) mass is 492 g/mol. The van der Waals surface area contributed by atoms with Crippen molar-refractivity contribution in [3.05, 3.63) is 83.9 Å². The number of fused-ring (bicyclic) bond motifs is 2. The number of hydrogen-bond acceptors (Lipinski definition) is 4. The van der Waals surface area contributed by atoms with Gasteiger partial charge in [0.1, 0.15) is 0 Å². The zero-order chi connectivity index (χ0) is 25.7. The molecule has 8 nitrogen and oxygen atoms in total. The molecule has 0 saturated heterocycles. The fourth-order valence-electron chi connectivity index (χ4n) is 4.72. The minimum Gasteiger partial charge on any atom is -0.350 e. The average Bonchev–Trinajstić information content (AvgIpc) is 3.59. The van der Waals surface area contributed by atoms with E-state index in [-0.39, 0.29) is 23.8 Å². The number of imidazole rings is 1. The van der Waals surface area contributed by atoms with Crippen molar-refractivity contribution in [1.82, 2.24) is 24.3 Å². The Morgan fingerprint density at radius 1 is 1.05 bits per heavy atom. The van der Waals surface area contributed by atoms with Gasteiger partial charge < -0.3 is 15.2 Å². The summed E-state index contributed by atoms with van der Waals surface area (Å²) >= 11 is 0. The van der Waals surface area contributed by atoms with Gasteiger partial charge in [-0.25, -0.2) is 4.98 Å². The largest absolute Gasteiger partial charge is 0.350 e. The van der Waals surface area contributed by atoms with Crippen molar-refractivity contribution in [1.29, 1.82) is 0 Å². The number of aryl methyl sites for hydroxylation is 2. The minimum absolute atomic E-state index is 0.0145. The Bertz CT molecular complexity index is 1680. The second kappa shape index (κ2) is 8.89. The van der Waals surface area contributed by atoms with E-state index in [4.69, 9.17) is 0 Å². The van der Waals surface area contributed by atoms with Crippen LogP contribution in [0.1, 0.15) is 47.3 Å². The van der Waals surface area contributed by atoms with Crippen molar-refractivity contribution in [2.75, 3.05) is 5.32 Å². The highest BCUT2D eigenvalue weighted by Gasteiger charge is 2.30. The van der Waals surface area contributed by atoms with Crippen LogP contribution in [-0.4, -0.2) is 30.8 Å². The number of carbonyl (C=O) groups excluding carboxylic acids is 2. The zero-order valence-corrected chi connectivity index (χ0v) is 21.0. The predicted octanol–water partition coefficient (Wildman–Crippen LogP) is 5.04. The SMILES string of the molecule is Cc1cccc([C@H](C)NC(=O)c2cn(C)c3ccc(-c4cnc5nc(NC(=O)C6CC6)cn5c4)cc23)c1. The lowest BCUT2D eigenvalue weighted by molar-refractivity contribution is -0.117. The van der Waals surface area contributed by atoms with Crippen molar-refractivity contribution in [2.45, 2.75) is 32.7 Å². The van der Waals surface area contributed by atoms with Crippen molar-refractivity contribution in [2.24, 2.45) is 13.0 Å². The number of anilines is 1. The molecule has 186 valence electrons. The van der Waals surface area contributed by atoms with Crippen molar-refractivity contribution in [3.63, 3.8) is 0 Å². The molecule has 0 aliphatic heterocycles. The van der Waals surface area contributed by atoms with E-state index in [0.717, 1.165) is 46.0 Å². The maximum absolute atomic E-state index is 13.3. The highest BCUT2D eigenvalue weighted by molar-refractivity contribution is 6.08. The first-order valence-corrected chi connectivity index (χ1v) is 12.5. The molecule has 0 radical (unpaired) electrons. The van der Waals surface area contributed by atoms with Gasteiger partial charge in [0.15, 0.2) is 5.82 Å². The second-order valence-corrected chi connectivity index (χ2v) is 9.93. The van der Waals surface area contributed by atoms with Gasteiger partial charge in [0, 0.05) is 48.0 Å². The molecule has 37 heavy (non-hydrogen) atoms. The Labute approximate surface area is 214 Å². The van der Waals surface area contributed by atoms with Crippen LogP contribution in [0.25, 0.3) is 27.8 Å². The van der Waals surface area contributed by atoms with E-state index < -0.39 is 0 Å². The van der Waals surface area contributed by atoms with Crippen molar-refractivity contribution in [3.8, 4) is 11.1 Å². The maximum Gasteiger partial charge on any atom is 0.253 e. The van der Waals surface area contributed by atoms with Gasteiger partial charge in [-0.3, -0.25) is 14.0 Å². The van der Waals surface area contributed by atoms with E-state index in [1.165, 1.54) is 0 Å². The molecule has 3 aromatic heterocycles. The van der Waals surface area contributed by atoms with Crippen LogP contribution in [0.4, 0.5) is 5.82 Å². The lowest BCUT2D eigenvalue weighted by atomic mass is 10.0. The van der Waals surface area contributed by atoms with Crippen LogP contribution in [0.15, 0.2) is 67.3 Å². The molecule has 6 rings (SSSR count). The van der Waals surface area contributed by atoms with Gasteiger partial charge >= 0.3 is 0 Å². The molecule has 2 aromatic carbocycles. The van der Waals surface area contributed by atoms with Crippen LogP contribution in [-0.2, 0) is 11.8 Å². The molecule has 2 N–H and O–H groups in total. The third-order valence-electron chi connectivity index (χ3n) is 6.97. The molecule has 1 saturated carbocycles. The van der Waals surface area contributed by atoms with Gasteiger partial charge in [-0.05, 0) is 49.9 Å². The Kier molecular flexibility index (Phi) is 5.52. The normalized spacial score (nSPS) is 14.1. The first kappa shape index (κ1) is 23.0. The topological polar surface area (TPSA) is 93.3 Å². The lowest BCUT2D eigenvalue weighted by Crippen LogP contribution is -2.26. The second-order valence-electron chi connectivity index (χ2n) is 9.93. The lowest BCUT2D eigenvalue weighted by Gasteiger charge is -2.14. The van der Waals surface area contributed by atoms with Gasteiger partial charge in [0.2, 0.25) is 11.7 Å². The van der Waals surface area contributed by atoms with E-state index in [1.807, 2.05) is 78.7 Å². The number of aromatic nitrogens is 4. The van der Waals surface area contributed by atoms with Crippen LogP contribution >= 0.6 is 0 Å². The predicted molar refractivity (Wildman–Crippen MR) is 143 cm³/mol. The summed E-state index contributed by atoms with van der Waals surface area (Å²) in [5.74, 6) is 1.02. The Morgan fingerprint density at radius 3 is 2.68 bits per heavy atom. The van der Waals surface area contributed by atoms with Crippen LogP contribution in [0.2, 0.25) is 0 Å².